The first-order valence-corrected chi connectivity index (χ1v) is 5.99. The number of nitrogens with zero attached hydrogens (tertiary/aromatic N) is 2. The quantitative estimate of drug-likeness (QED) is 0.819. The molecule has 2 heterocycles. The van der Waals surface area contributed by atoms with Crippen molar-refractivity contribution in [2.45, 2.75) is 18.5 Å². The first kappa shape index (κ1) is 10.7. The molecule has 3 rings (SSSR count). The van der Waals surface area contributed by atoms with Gasteiger partial charge in [-0.05, 0) is 31.6 Å². The van der Waals surface area contributed by atoms with Crippen molar-refractivity contribution in [3.63, 3.8) is 0 Å². The van der Waals surface area contributed by atoms with Crippen molar-refractivity contribution in [1.82, 2.24) is 15.1 Å². The van der Waals surface area contributed by atoms with Crippen LogP contribution in [0.5, 0.6) is 0 Å². The summed E-state index contributed by atoms with van der Waals surface area (Å²) in [7, 11) is 1.97. The number of likely N-dealkylation sites (tertiary alicyclic amines) is 1. The van der Waals surface area contributed by atoms with E-state index in [9.17, 15) is 4.39 Å². The lowest BCUT2D eigenvalue weighted by atomic mass is 9.88. The summed E-state index contributed by atoms with van der Waals surface area (Å²) in [5.74, 6) is 0.0268. The van der Waals surface area contributed by atoms with Crippen LogP contribution in [0, 0.1) is 0 Å². The Kier molecular flexibility index (Phi) is 2.59. The fourth-order valence-corrected chi connectivity index (χ4v) is 2.62. The highest BCUT2D eigenvalue weighted by Crippen LogP contribution is 2.31. The molecule has 0 saturated carbocycles. The number of H-pyrrole nitrogens is 1. The summed E-state index contributed by atoms with van der Waals surface area (Å²) in [6.45, 7) is 1.50. The number of alkyl halides is 1. The predicted molar refractivity (Wildman–Crippen MR) is 65.8 cm³/mol. The zero-order valence-corrected chi connectivity index (χ0v) is 9.86. The Labute approximate surface area is 99.6 Å². The van der Waals surface area contributed by atoms with E-state index in [0.717, 1.165) is 29.4 Å². The van der Waals surface area contributed by atoms with Crippen LogP contribution < -0.4 is 0 Å². The zero-order valence-electron chi connectivity index (χ0n) is 9.86. The van der Waals surface area contributed by atoms with Crippen molar-refractivity contribution >= 4 is 10.9 Å². The zero-order chi connectivity index (χ0) is 11.8. The van der Waals surface area contributed by atoms with E-state index < -0.39 is 6.17 Å². The fourth-order valence-electron chi connectivity index (χ4n) is 2.62. The van der Waals surface area contributed by atoms with Crippen LogP contribution in [0.2, 0.25) is 0 Å². The third kappa shape index (κ3) is 1.93. The highest BCUT2D eigenvalue weighted by atomic mass is 19.1. The minimum atomic E-state index is -0.769. The summed E-state index contributed by atoms with van der Waals surface area (Å²) >= 11 is 0. The Balaban J connectivity index is 1.92. The minimum Gasteiger partial charge on any atom is -0.303 e. The van der Waals surface area contributed by atoms with Gasteiger partial charge < -0.3 is 4.90 Å². The molecule has 90 valence electrons. The maximum Gasteiger partial charge on any atom is 0.120 e. The number of halogens is 1. The van der Waals surface area contributed by atoms with Gasteiger partial charge in [0.25, 0.3) is 0 Å². The third-order valence-electron chi connectivity index (χ3n) is 3.64. The second-order valence-corrected chi connectivity index (χ2v) is 4.89. The molecule has 4 heteroatoms. The van der Waals surface area contributed by atoms with Gasteiger partial charge in [-0.15, -0.1) is 0 Å². The Morgan fingerprint density at radius 2 is 2.35 bits per heavy atom. The molecule has 0 spiro atoms. The average Bonchev–Trinajstić information content (AvgIpc) is 2.75. The summed E-state index contributed by atoms with van der Waals surface area (Å²) < 4.78 is 14.0. The number of aromatic amines is 1. The third-order valence-corrected chi connectivity index (χ3v) is 3.64. The smallest absolute Gasteiger partial charge is 0.120 e. The molecule has 0 aliphatic carbocycles. The van der Waals surface area contributed by atoms with E-state index in [1.807, 2.05) is 25.2 Å². The van der Waals surface area contributed by atoms with Crippen LogP contribution in [0.3, 0.4) is 0 Å². The Hall–Kier alpha value is -1.42. The Morgan fingerprint density at radius 3 is 3.18 bits per heavy atom. The number of nitrogens with one attached hydrogen (secondary N) is 1. The number of aromatic nitrogens is 2. The first-order chi connectivity index (χ1) is 8.24. The van der Waals surface area contributed by atoms with Gasteiger partial charge in [-0.1, -0.05) is 12.1 Å². The summed E-state index contributed by atoms with van der Waals surface area (Å²) in [4.78, 5) is 2.05. The highest BCUT2D eigenvalue weighted by molar-refractivity contribution is 5.78. The summed E-state index contributed by atoms with van der Waals surface area (Å²) in [6, 6.07) is 6.07. The van der Waals surface area contributed by atoms with Crippen molar-refractivity contribution < 1.29 is 4.39 Å². The number of hydrogen-bond acceptors (Lipinski definition) is 2. The predicted octanol–water partition coefficient (Wildman–Crippen LogP) is 2.32. The maximum atomic E-state index is 14.0. The van der Waals surface area contributed by atoms with Crippen molar-refractivity contribution in [3.05, 3.63) is 30.0 Å². The van der Waals surface area contributed by atoms with Crippen LogP contribution >= 0.6 is 0 Å². The Bertz CT molecular complexity index is 522. The van der Waals surface area contributed by atoms with E-state index in [4.69, 9.17) is 0 Å². The summed E-state index contributed by atoms with van der Waals surface area (Å²) in [5.41, 5.74) is 2.08. The Morgan fingerprint density at radius 1 is 1.47 bits per heavy atom. The lowest BCUT2D eigenvalue weighted by molar-refractivity contribution is 0.139. The van der Waals surface area contributed by atoms with Gasteiger partial charge in [-0.3, -0.25) is 5.10 Å². The standard InChI is InChI=1S/C13H16FN3/c1-17-5-4-11(12(14)8-17)9-2-3-10-7-15-16-13(10)6-9/h2-3,6-7,11-12H,4-5,8H2,1H3,(H,15,16). The van der Waals surface area contributed by atoms with E-state index >= 15 is 0 Å². The molecule has 2 atom stereocenters. The number of piperidine rings is 1. The molecular weight excluding hydrogens is 217 g/mol. The molecule has 1 N–H and O–H groups in total. The molecule has 1 aromatic heterocycles. The van der Waals surface area contributed by atoms with E-state index in [1.54, 1.807) is 6.20 Å². The van der Waals surface area contributed by atoms with Crippen LogP contribution in [0.4, 0.5) is 4.39 Å². The highest BCUT2D eigenvalue weighted by Gasteiger charge is 2.28. The molecule has 1 aliphatic rings. The van der Waals surface area contributed by atoms with Crippen LogP contribution in [0.25, 0.3) is 10.9 Å². The van der Waals surface area contributed by atoms with Gasteiger partial charge in [0, 0.05) is 17.8 Å². The van der Waals surface area contributed by atoms with Crippen LogP contribution in [0.15, 0.2) is 24.4 Å². The topological polar surface area (TPSA) is 31.9 Å². The van der Waals surface area contributed by atoms with Gasteiger partial charge in [0.1, 0.15) is 6.17 Å². The van der Waals surface area contributed by atoms with Crippen molar-refractivity contribution in [3.8, 4) is 0 Å². The second kappa shape index (κ2) is 4.11. The molecule has 0 amide bonds. The molecule has 3 nitrogen and oxygen atoms in total. The maximum absolute atomic E-state index is 14.0. The number of hydrogen-bond donors (Lipinski definition) is 1. The molecular formula is C13H16FN3. The molecule has 1 aliphatic heterocycles. The lowest BCUT2D eigenvalue weighted by Gasteiger charge is -2.32. The van der Waals surface area contributed by atoms with Crippen LogP contribution in [-0.2, 0) is 0 Å². The van der Waals surface area contributed by atoms with Gasteiger partial charge >= 0.3 is 0 Å². The number of fused-ring (bicyclic) bond motifs is 1. The van der Waals surface area contributed by atoms with Gasteiger partial charge in [0.05, 0.1) is 11.7 Å². The monoisotopic (exact) mass is 233 g/mol. The average molecular weight is 233 g/mol. The molecule has 0 bridgehead atoms. The fraction of sp³-hybridized carbons (Fsp3) is 0.462. The van der Waals surface area contributed by atoms with E-state index in [0.29, 0.717) is 6.54 Å². The second-order valence-electron chi connectivity index (χ2n) is 4.89. The number of rotatable bonds is 1. The SMILES string of the molecule is CN1CCC(c2ccc3cn[nH]c3c2)C(F)C1. The first-order valence-electron chi connectivity index (χ1n) is 5.99. The molecule has 1 fully saturated rings. The minimum absolute atomic E-state index is 0.0268. The molecule has 0 radical (unpaired) electrons. The van der Waals surface area contributed by atoms with Crippen LogP contribution in [0.1, 0.15) is 17.9 Å². The van der Waals surface area contributed by atoms with E-state index in [-0.39, 0.29) is 5.92 Å². The van der Waals surface area contributed by atoms with E-state index in [1.165, 1.54) is 0 Å². The van der Waals surface area contributed by atoms with Gasteiger partial charge in [0.15, 0.2) is 0 Å². The normalized spacial score (nSPS) is 26.5. The van der Waals surface area contributed by atoms with Gasteiger partial charge in [0.2, 0.25) is 0 Å². The molecule has 17 heavy (non-hydrogen) atoms. The summed E-state index contributed by atoms with van der Waals surface area (Å²) in [6.07, 6.45) is 1.91. The largest absolute Gasteiger partial charge is 0.303 e. The van der Waals surface area contributed by atoms with Crippen LogP contribution in [-0.4, -0.2) is 41.4 Å². The van der Waals surface area contributed by atoms with Crippen molar-refractivity contribution in [2.24, 2.45) is 0 Å². The van der Waals surface area contributed by atoms with E-state index in [2.05, 4.69) is 15.1 Å². The molecule has 2 unspecified atom stereocenters. The van der Waals surface area contributed by atoms with Crippen molar-refractivity contribution in [1.29, 1.82) is 0 Å². The molecule has 2 aromatic rings. The van der Waals surface area contributed by atoms with Gasteiger partial charge in [-0.25, -0.2) is 4.39 Å². The van der Waals surface area contributed by atoms with Gasteiger partial charge in [-0.2, -0.15) is 5.10 Å². The molecule has 1 aromatic carbocycles. The number of benzene rings is 1. The summed E-state index contributed by atoms with van der Waals surface area (Å²) in [5, 5.41) is 8.01. The molecule has 1 saturated heterocycles. The lowest BCUT2D eigenvalue weighted by Crippen LogP contribution is -2.38. The van der Waals surface area contributed by atoms with Crippen molar-refractivity contribution in [2.75, 3.05) is 20.1 Å².